The average molecular weight is 200 g/mol. The Hall–Kier alpha value is -0.870. The molecule has 80 valence electrons. The first kappa shape index (κ1) is 11.2. The lowest BCUT2D eigenvalue weighted by atomic mass is 10.3. The van der Waals surface area contributed by atoms with Crippen LogP contribution in [0.4, 0.5) is 0 Å². The molecule has 0 aliphatic carbocycles. The summed E-state index contributed by atoms with van der Waals surface area (Å²) in [4.78, 5) is 11.0. The lowest BCUT2D eigenvalue weighted by Crippen LogP contribution is -2.20. The Morgan fingerprint density at radius 1 is 1.64 bits per heavy atom. The monoisotopic (exact) mass is 200 g/mol. The highest BCUT2D eigenvalue weighted by Crippen LogP contribution is 2.22. The van der Waals surface area contributed by atoms with Crippen molar-refractivity contribution in [3.8, 4) is 0 Å². The van der Waals surface area contributed by atoms with Crippen molar-refractivity contribution in [1.29, 1.82) is 0 Å². The molecule has 0 aromatic rings. The lowest BCUT2D eigenvalue weighted by molar-refractivity contribution is -0.138. The van der Waals surface area contributed by atoms with Gasteiger partial charge >= 0.3 is 5.97 Å². The average Bonchev–Trinajstić information content (AvgIpc) is 2.43. The van der Waals surface area contributed by atoms with E-state index in [1.807, 2.05) is 13.8 Å². The second kappa shape index (κ2) is 4.57. The smallest absolute Gasteiger partial charge is 0.330 e. The van der Waals surface area contributed by atoms with Crippen LogP contribution >= 0.6 is 0 Å². The first-order valence-electron chi connectivity index (χ1n) is 4.70. The van der Waals surface area contributed by atoms with Gasteiger partial charge in [-0.2, -0.15) is 0 Å². The maximum atomic E-state index is 11.0. The summed E-state index contributed by atoms with van der Waals surface area (Å²) in [5, 5.41) is 0. The quantitative estimate of drug-likeness (QED) is 0.508. The number of hydrogen-bond acceptors (Lipinski definition) is 4. The number of rotatable bonds is 3. The molecule has 0 bridgehead atoms. The van der Waals surface area contributed by atoms with Gasteiger partial charge in [0.05, 0.1) is 13.2 Å². The summed E-state index contributed by atoms with van der Waals surface area (Å²) in [5.74, 6) is -0.898. The third-order valence-corrected chi connectivity index (χ3v) is 1.76. The van der Waals surface area contributed by atoms with Gasteiger partial charge in [-0.05, 0) is 26.8 Å². The fourth-order valence-electron chi connectivity index (χ4n) is 1.19. The van der Waals surface area contributed by atoms with E-state index in [-0.39, 0.29) is 12.1 Å². The van der Waals surface area contributed by atoms with Gasteiger partial charge in [0.1, 0.15) is 6.10 Å². The second-order valence-corrected chi connectivity index (χ2v) is 3.48. The van der Waals surface area contributed by atoms with Gasteiger partial charge in [-0.1, -0.05) is 0 Å². The molecular formula is C10H16O4. The van der Waals surface area contributed by atoms with Crippen LogP contribution in [0.1, 0.15) is 20.8 Å². The highest BCUT2D eigenvalue weighted by molar-refractivity contribution is 5.81. The van der Waals surface area contributed by atoms with Crippen LogP contribution in [0.3, 0.4) is 0 Å². The molecule has 1 heterocycles. The molecule has 0 N–H and O–H groups in total. The maximum absolute atomic E-state index is 11.0. The molecule has 0 saturated carbocycles. The van der Waals surface area contributed by atoms with E-state index in [9.17, 15) is 4.79 Å². The molecule has 0 unspecified atom stereocenters. The third kappa shape index (κ3) is 3.47. The largest absolute Gasteiger partial charge is 0.463 e. The molecule has 0 radical (unpaired) electrons. The Morgan fingerprint density at radius 2 is 2.36 bits per heavy atom. The molecule has 4 nitrogen and oxygen atoms in total. The third-order valence-electron chi connectivity index (χ3n) is 1.76. The van der Waals surface area contributed by atoms with E-state index in [2.05, 4.69) is 0 Å². The van der Waals surface area contributed by atoms with Crippen molar-refractivity contribution in [2.45, 2.75) is 32.7 Å². The Kier molecular flexibility index (Phi) is 3.66. The van der Waals surface area contributed by atoms with E-state index < -0.39 is 5.79 Å². The van der Waals surface area contributed by atoms with Crippen LogP contribution in [0.2, 0.25) is 0 Å². The number of hydrogen-bond donors (Lipinski definition) is 0. The van der Waals surface area contributed by atoms with Gasteiger partial charge in [0.15, 0.2) is 5.79 Å². The zero-order valence-corrected chi connectivity index (χ0v) is 8.78. The van der Waals surface area contributed by atoms with Gasteiger partial charge in [0.2, 0.25) is 0 Å². The summed E-state index contributed by atoms with van der Waals surface area (Å²) in [6.07, 6.45) is 2.88. The molecule has 1 aliphatic rings. The normalized spacial score (nSPS) is 25.5. The summed E-state index contributed by atoms with van der Waals surface area (Å²) in [6, 6.07) is 0. The predicted octanol–water partition coefficient (Wildman–Crippen LogP) is 1.26. The highest BCUT2D eigenvalue weighted by Gasteiger charge is 2.31. The van der Waals surface area contributed by atoms with Crippen LogP contribution in [-0.4, -0.2) is 31.1 Å². The van der Waals surface area contributed by atoms with Crippen molar-refractivity contribution in [3.05, 3.63) is 12.2 Å². The van der Waals surface area contributed by atoms with Gasteiger partial charge in [-0.3, -0.25) is 0 Å². The highest BCUT2D eigenvalue weighted by atomic mass is 16.7. The fraction of sp³-hybridized carbons (Fsp3) is 0.700. The Bertz CT molecular complexity index is 232. The van der Waals surface area contributed by atoms with Gasteiger partial charge < -0.3 is 14.2 Å². The fourth-order valence-corrected chi connectivity index (χ4v) is 1.19. The van der Waals surface area contributed by atoms with Gasteiger partial charge in [0.25, 0.3) is 0 Å². The molecule has 1 atom stereocenters. The summed E-state index contributed by atoms with van der Waals surface area (Å²) in [7, 11) is 0. The van der Waals surface area contributed by atoms with Crippen molar-refractivity contribution in [1.82, 2.24) is 0 Å². The molecule has 0 aromatic heterocycles. The minimum absolute atomic E-state index is 0.158. The van der Waals surface area contributed by atoms with E-state index in [1.54, 1.807) is 13.0 Å². The Morgan fingerprint density at radius 3 is 2.86 bits per heavy atom. The van der Waals surface area contributed by atoms with Crippen molar-refractivity contribution in [3.63, 3.8) is 0 Å². The van der Waals surface area contributed by atoms with E-state index in [0.29, 0.717) is 13.2 Å². The van der Waals surface area contributed by atoms with Crippen molar-refractivity contribution < 1.29 is 19.0 Å². The summed E-state index contributed by atoms with van der Waals surface area (Å²) >= 11 is 0. The summed E-state index contributed by atoms with van der Waals surface area (Å²) < 4.78 is 15.5. The molecule has 0 aromatic carbocycles. The molecule has 1 aliphatic heterocycles. The van der Waals surface area contributed by atoms with E-state index in [1.165, 1.54) is 6.08 Å². The first-order chi connectivity index (χ1) is 6.53. The zero-order valence-electron chi connectivity index (χ0n) is 8.78. The first-order valence-corrected chi connectivity index (χ1v) is 4.70. The Labute approximate surface area is 83.8 Å². The molecule has 14 heavy (non-hydrogen) atoms. The van der Waals surface area contributed by atoms with Crippen LogP contribution in [0, 0.1) is 0 Å². The molecular weight excluding hydrogens is 184 g/mol. The molecule has 4 heteroatoms. The zero-order chi connectivity index (χ0) is 10.6. The van der Waals surface area contributed by atoms with Gasteiger partial charge in [-0.15, -0.1) is 0 Å². The standard InChI is InChI=1S/C10H16O4/c1-4-12-9(11)6-5-8-7-13-10(2,3)14-8/h5-6,8H,4,7H2,1-3H3/t8-/m1/s1. The van der Waals surface area contributed by atoms with Gasteiger partial charge in [-0.25, -0.2) is 4.79 Å². The predicted molar refractivity (Wildman–Crippen MR) is 50.7 cm³/mol. The second-order valence-electron chi connectivity index (χ2n) is 3.48. The topological polar surface area (TPSA) is 44.8 Å². The van der Waals surface area contributed by atoms with Crippen LogP contribution in [0.25, 0.3) is 0 Å². The van der Waals surface area contributed by atoms with Crippen molar-refractivity contribution >= 4 is 5.97 Å². The number of ether oxygens (including phenoxy) is 3. The number of esters is 1. The molecule has 1 fully saturated rings. The molecule has 0 amide bonds. The lowest BCUT2D eigenvalue weighted by Gasteiger charge is -2.15. The van der Waals surface area contributed by atoms with Crippen molar-refractivity contribution in [2.75, 3.05) is 13.2 Å². The molecule has 1 rings (SSSR count). The number of carbonyl (C=O) groups excluding carboxylic acids is 1. The van der Waals surface area contributed by atoms with Crippen LogP contribution in [-0.2, 0) is 19.0 Å². The van der Waals surface area contributed by atoms with E-state index >= 15 is 0 Å². The maximum Gasteiger partial charge on any atom is 0.330 e. The Balaban J connectivity index is 2.35. The van der Waals surface area contributed by atoms with Gasteiger partial charge in [0, 0.05) is 6.08 Å². The molecule has 0 spiro atoms. The van der Waals surface area contributed by atoms with Crippen LogP contribution in [0.5, 0.6) is 0 Å². The number of carbonyl (C=O) groups is 1. The van der Waals surface area contributed by atoms with Crippen molar-refractivity contribution in [2.24, 2.45) is 0 Å². The van der Waals surface area contributed by atoms with E-state index in [4.69, 9.17) is 14.2 Å². The summed E-state index contributed by atoms with van der Waals surface area (Å²) in [6.45, 7) is 6.31. The summed E-state index contributed by atoms with van der Waals surface area (Å²) in [5.41, 5.74) is 0. The SMILES string of the molecule is CCOC(=O)C=C[C@@H]1COC(C)(C)O1. The minimum atomic E-state index is -0.552. The minimum Gasteiger partial charge on any atom is -0.463 e. The van der Waals surface area contributed by atoms with Crippen LogP contribution < -0.4 is 0 Å². The van der Waals surface area contributed by atoms with E-state index in [0.717, 1.165) is 0 Å². The van der Waals surface area contributed by atoms with Crippen LogP contribution in [0.15, 0.2) is 12.2 Å². The molecule has 1 saturated heterocycles.